The molecule has 0 atom stereocenters. The molecule has 130 valence electrons. The second kappa shape index (κ2) is 11.2. The molecule has 1 N–H and O–H groups in total. The quantitative estimate of drug-likeness (QED) is 0.413. The number of halogens is 2. The van der Waals surface area contributed by atoms with Crippen LogP contribution in [0.1, 0.15) is 13.3 Å². The standard InChI is InChI=1S/C18H24F2N4/c1-4-8-14(9-6-7-10-16(19)20)13-24-18(21-3)17-15(5-2)22-11-12-23-17/h4-9,16H,2,10-13H2,1,3H3,(H,21,24)/b7-6+,8-4-,14-9+. The zero-order chi connectivity index (χ0) is 17.8. The molecule has 0 fully saturated rings. The Kier molecular flexibility index (Phi) is 9.19. The SMILES string of the molecule is C=CC1=NCCN=C1/C(=N\CC(/C=C\C)=C/C=C/CC(F)F)NC. The summed E-state index contributed by atoms with van der Waals surface area (Å²) in [6.07, 6.45) is 7.74. The summed E-state index contributed by atoms with van der Waals surface area (Å²) in [6, 6.07) is 0. The number of rotatable bonds is 8. The highest BCUT2D eigenvalue weighted by molar-refractivity contribution is 6.70. The minimum Gasteiger partial charge on any atom is -0.372 e. The van der Waals surface area contributed by atoms with Crippen LogP contribution < -0.4 is 5.32 Å². The van der Waals surface area contributed by atoms with E-state index >= 15 is 0 Å². The Morgan fingerprint density at radius 3 is 2.75 bits per heavy atom. The van der Waals surface area contributed by atoms with Crippen molar-refractivity contribution < 1.29 is 8.78 Å². The van der Waals surface area contributed by atoms with Gasteiger partial charge in [0.15, 0.2) is 0 Å². The Bertz CT molecular complexity index is 596. The monoisotopic (exact) mass is 334 g/mol. The van der Waals surface area contributed by atoms with E-state index in [0.717, 1.165) is 11.3 Å². The topological polar surface area (TPSA) is 49.1 Å². The Morgan fingerprint density at radius 2 is 2.12 bits per heavy atom. The first-order chi connectivity index (χ1) is 11.6. The third-order valence-corrected chi connectivity index (χ3v) is 3.11. The van der Waals surface area contributed by atoms with Gasteiger partial charge in [0.25, 0.3) is 0 Å². The van der Waals surface area contributed by atoms with E-state index in [1.54, 1.807) is 25.3 Å². The Balaban J connectivity index is 2.88. The third-order valence-electron chi connectivity index (χ3n) is 3.11. The Hall–Kier alpha value is -2.37. The van der Waals surface area contributed by atoms with Gasteiger partial charge in [-0.15, -0.1) is 0 Å². The second-order valence-electron chi connectivity index (χ2n) is 4.91. The maximum atomic E-state index is 12.1. The highest BCUT2D eigenvalue weighted by Crippen LogP contribution is 2.04. The van der Waals surface area contributed by atoms with Crippen molar-refractivity contribution in [2.75, 3.05) is 26.7 Å². The molecule has 1 aliphatic heterocycles. The van der Waals surface area contributed by atoms with E-state index in [4.69, 9.17) is 0 Å². The van der Waals surface area contributed by atoms with Crippen LogP contribution in [0.3, 0.4) is 0 Å². The van der Waals surface area contributed by atoms with Crippen LogP contribution in [-0.4, -0.2) is 50.4 Å². The van der Waals surface area contributed by atoms with Crippen molar-refractivity contribution in [2.45, 2.75) is 19.8 Å². The van der Waals surface area contributed by atoms with Gasteiger partial charge < -0.3 is 5.32 Å². The summed E-state index contributed by atoms with van der Waals surface area (Å²) in [4.78, 5) is 13.4. The Labute approximate surface area is 142 Å². The highest BCUT2D eigenvalue weighted by atomic mass is 19.3. The first-order valence-corrected chi connectivity index (χ1v) is 7.83. The lowest BCUT2D eigenvalue weighted by atomic mass is 10.1. The molecular weight excluding hydrogens is 310 g/mol. The zero-order valence-corrected chi connectivity index (χ0v) is 14.2. The molecule has 0 aromatic carbocycles. The summed E-state index contributed by atoms with van der Waals surface area (Å²) < 4.78 is 24.3. The molecule has 0 unspecified atom stereocenters. The van der Waals surface area contributed by atoms with Gasteiger partial charge in [0.1, 0.15) is 11.5 Å². The smallest absolute Gasteiger partial charge is 0.242 e. The van der Waals surface area contributed by atoms with Gasteiger partial charge in [-0.3, -0.25) is 15.0 Å². The van der Waals surface area contributed by atoms with Crippen molar-refractivity contribution in [1.29, 1.82) is 0 Å². The molecule has 0 saturated heterocycles. The molecule has 1 rings (SSSR count). The van der Waals surface area contributed by atoms with Crippen molar-refractivity contribution in [1.82, 2.24) is 5.32 Å². The molecule has 0 spiro atoms. The van der Waals surface area contributed by atoms with E-state index in [-0.39, 0.29) is 6.42 Å². The van der Waals surface area contributed by atoms with E-state index in [2.05, 4.69) is 26.9 Å². The molecule has 1 heterocycles. The molecule has 0 bridgehead atoms. The lowest BCUT2D eigenvalue weighted by molar-refractivity contribution is 0.152. The fraction of sp³-hybridized carbons (Fsp3) is 0.389. The van der Waals surface area contributed by atoms with Crippen LogP contribution in [0.2, 0.25) is 0 Å². The largest absolute Gasteiger partial charge is 0.372 e. The molecule has 0 amide bonds. The molecule has 24 heavy (non-hydrogen) atoms. The van der Waals surface area contributed by atoms with Gasteiger partial charge in [-0.25, -0.2) is 8.78 Å². The van der Waals surface area contributed by atoms with E-state index in [0.29, 0.717) is 31.2 Å². The number of nitrogens with one attached hydrogen (secondary N) is 1. The molecule has 1 aliphatic rings. The van der Waals surface area contributed by atoms with Gasteiger partial charge in [0, 0.05) is 13.5 Å². The van der Waals surface area contributed by atoms with E-state index in [1.165, 1.54) is 6.08 Å². The van der Waals surface area contributed by atoms with Gasteiger partial charge in [0.2, 0.25) is 6.43 Å². The predicted molar refractivity (Wildman–Crippen MR) is 98.8 cm³/mol. The Morgan fingerprint density at radius 1 is 1.38 bits per heavy atom. The van der Waals surface area contributed by atoms with Gasteiger partial charge in [-0.05, 0) is 18.6 Å². The minimum atomic E-state index is -2.32. The first-order valence-electron chi connectivity index (χ1n) is 7.83. The van der Waals surface area contributed by atoms with E-state index < -0.39 is 6.43 Å². The molecule has 0 saturated carbocycles. The molecule has 0 aliphatic carbocycles. The lowest BCUT2D eigenvalue weighted by Crippen LogP contribution is -2.35. The molecule has 6 heteroatoms. The van der Waals surface area contributed by atoms with Gasteiger partial charge >= 0.3 is 0 Å². The molecule has 0 aromatic heterocycles. The number of amidine groups is 1. The first kappa shape index (κ1) is 19.7. The van der Waals surface area contributed by atoms with Gasteiger partial charge in [-0.1, -0.05) is 37.0 Å². The summed E-state index contributed by atoms with van der Waals surface area (Å²) >= 11 is 0. The summed E-state index contributed by atoms with van der Waals surface area (Å²) in [6.45, 7) is 7.33. The summed E-state index contributed by atoms with van der Waals surface area (Å²) in [5, 5.41) is 3.04. The number of nitrogens with zero attached hydrogens (tertiary/aromatic N) is 3. The van der Waals surface area contributed by atoms with Crippen LogP contribution in [0.15, 0.2) is 63.6 Å². The van der Waals surface area contributed by atoms with Crippen molar-refractivity contribution in [3.05, 3.63) is 48.6 Å². The van der Waals surface area contributed by atoms with Crippen LogP contribution in [-0.2, 0) is 0 Å². The van der Waals surface area contributed by atoms with Crippen molar-refractivity contribution in [3.63, 3.8) is 0 Å². The zero-order valence-electron chi connectivity index (χ0n) is 14.2. The van der Waals surface area contributed by atoms with Crippen LogP contribution in [0, 0.1) is 0 Å². The summed E-state index contributed by atoms with van der Waals surface area (Å²) in [5.74, 6) is 0.639. The average molecular weight is 334 g/mol. The average Bonchev–Trinajstić information content (AvgIpc) is 2.59. The van der Waals surface area contributed by atoms with Crippen LogP contribution >= 0.6 is 0 Å². The molecular formula is C18H24F2N4. The summed E-state index contributed by atoms with van der Waals surface area (Å²) in [5.41, 5.74) is 2.33. The highest BCUT2D eigenvalue weighted by Gasteiger charge is 2.14. The van der Waals surface area contributed by atoms with Gasteiger partial charge in [-0.2, -0.15) is 0 Å². The van der Waals surface area contributed by atoms with Crippen molar-refractivity contribution in [2.24, 2.45) is 15.0 Å². The number of hydrogen-bond donors (Lipinski definition) is 1. The van der Waals surface area contributed by atoms with Crippen LogP contribution in [0.25, 0.3) is 0 Å². The van der Waals surface area contributed by atoms with Crippen LogP contribution in [0.5, 0.6) is 0 Å². The minimum absolute atomic E-state index is 0.249. The predicted octanol–water partition coefficient (Wildman–Crippen LogP) is 3.40. The maximum absolute atomic E-state index is 12.1. The van der Waals surface area contributed by atoms with E-state index in [1.807, 2.05) is 19.1 Å². The normalized spacial score (nSPS) is 16.7. The van der Waals surface area contributed by atoms with E-state index in [9.17, 15) is 8.78 Å². The van der Waals surface area contributed by atoms with Crippen LogP contribution in [0.4, 0.5) is 8.78 Å². The lowest BCUT2D eigenvalue weighted by Gasteiger charge is -2.13. The van der Waals surface area contributed by atoms with Crippen molar-refractivity contribution in [3.8, 4) is 0 Å². The molecule has 4 nitrogen and oxygen atoms in total. The third kappa shape index (κ3) is 6.81. The number of allylic oxidation sites excluding steroid dienone is 5. The molecule has 0 aromatic rings. The summed E-state index contributed by atoms with van der Waals surface area (Å²) in [7, 11) is 1.78. The second-order valence-corrected chi connectivity index (χ2v) is 4.91. The maximum Gasteiger partial charge on any atom is 0.242 e. The number of alkyl halides is 2. The van der Waals surface area contributed by atoms with Gasteiger partial charge in [0.05, 0.1) is 25.3 Å². The number of aliphatic imine (C=N–C) groups is 3. The fourth-order valence-electron chi connectivity index (χ4n) is 2.04. The van der Waals surface area contributed by atoms with Crippen molar-refractivity contribution >= 4 is 17.3 Å². The molecule has 0 radical (unpaired) electrons. The number of hydrogen-bond acceptors (Lipinski definition) is 3. The fourth-order valence-corrected chi connectivity index (χ4v) is 2.04.